The third kappa shape index (κ3) is 4.08. The molecular formula is C20H20F3N3O3S2. The number of anilines is 1. The van der Waals surface area contributed by atoms with Crippen molar-refractivity contribution in [1.82, 2.24) is 9.78 Å². The number of aryl methyl sites for hydroxylation is 2. The van der Waals surface area contributed by atoms with Crippen molar-refractivity contribution in [3.05, 3.63) is 32.6 Å². The van der Waals surface area contributed by atoms with Gasteiger partial charge in [0, 0.05) is 17.3 Å². The lowest BCUT2D eigenvalue weighted by Gasteiger charge is -2.14. The molecule has 11 heteroatoms. The van der Waals surface area contributed by atoms with Gasteiger partial charge in [-0.3, -0.25) is 9.48 Å². The van der Waals surface area contributed by atoms with Gasteiger partial charge in [-0.1, -0.05) is 0 Å². The Balaban J connectivity index is 1.69. The molecule has 4 rings (SSSR count). The van der Waals surface area contributed by atoms with Gasteiger partial charge in [-0.25, -0.2) is 4.79 Å². The molecule has 0 aliphatic heterocycles. The molecule has 0 unspecified atom stereocenters. The second-order valence-electron chi connectivity index (χ2n) is 7.62. The third-order valence-electron chi connectivity index (χ3n) is 4.95. The number of carbonyl (C=O) groups is 2. The summed E-state index contributed by atoms with van der Waals surface area (Å²) in [5.74, 6) is -1.06. The number of aromatic nitrogens is 2. The van der Waals surface area contributed by atoms with E-state index in [4.69, 9.17) is 4.74 Å². The molecule has 0 spiro atoms. The summed E-state index contributed by atoms with van der Waals surface area (Å²) < 4.78 is 46.2. The number of esters is 1. The molecule has 1 aliphatic carbocycles. The molecule has 0 radical (unpaired) electrons. The van der Waals surface area contributed by atoms with Crippen molar-refractivity contribution in [1.29, 1.82) is 0 Å². The Morgan fingerprint density at radius 1 is 1.23 bits per heavy atom. The van der Waals surface area contributed by atoms with Gasteiger partial charge in [0.15, 0.2) is 5.69 Å². The molecular weight excluding hydrogens is 451 g/mol. The number of amides is 1. The van der Waals surface area contributed by atoms with Crippen LogP contribution in [-0.4, -0.2) is 27.8 Å². The number of carbonyl (C=O) groups excluding carboxylic acids is 2. The summed E-state index contributed by atoms with van der Waals surface area (Å²) in [6.45, 7) is 3.50. The average Bonchev–Trinajstić information content (AvgIpc) is 3.33. The standard InChI is InChI=1S/C20H20F3N3O3S2/c1-9(2)29-19(28)14-10-6-4-5-7-12(10)30-17(14)24-16(27)13-8-11-15(20(21,22)23)25-26(3)18(11)31-13/h8-9H,4-7H2,1-3H3,(H,24,27). The number of nitrogens with one attached hydrogen (secondary N) is 1. The summed E-state index contributed by atoms with van der Waals surface area (Å²) in [7, 11) is 1.41. The quantitative estimate of drug-likeness (QED) is 0.517. The number of ether oxygens (including phenoxy) is 1. The summed E-state index contributed by atoms with van der Waals surface area (Å²) in [6.07, 6.45) is -1.43. The van der Waals surface area contributed by atoms with Gasteiger partial charge in [0.1, 0.15) is 9.83 Å². The van der Waals surface area contributed by atoms with Crippen LogP contribution in [0.2, 0.25) is 0 Å². The molecule has 0 fully saturated rings. The van der Waals surface area contributed by atoms with Crippen LogP contribution in [0.4, 0.5) is 18.2 Å². The van der Waals surface area contributed by atoms with Gasteiger partial charge in [-0.15, -0.1) is 22.7 Å². The van der Waals surface area contributed by atoms with Crippen molar-refractivity contribution in [2.75, 3.05) is 5.32 Å². The Morgan fingerprint density at radius 2 is 1.94 bits per heavy atom. The fourth-order valence-electron chi connectivity index (χ4n) is 3.67. The maximum Gasteiger partial charge on any atom is 0.435 e. The van der Waals surface area contributed by atoms with Crippen LogP contribution in [0.15, 0.2) is 6.07 Å². The summed E-state index contributed by atoms with van der Waals surface area (Å²) in [5, 5.41) is 6.54. The van der Waals surface area contributed by atoms with Crippen LogP contribution >= 0.6 is 22.7 Å². The molecule has 31 heavy (non-hydrogen) atoms. The number of thiophene rings is 2. The first-order valence-corrected chi connectivity index (χ1v) is 11.4. The zero-order valence-corrected chi connectivity index (χ0v) is 18.7. The summed E-state index contributed by atoms with van der Waals surface area (Å²) in [4.78, 5) is 27.0. The number of halogens is 3. The van der Waals surface area contributed by atoms with Gasteiger partial charge in [0.05, 0.1) is 16.5 Å². The second-order valence-corrected chi connectivity index (χ2v) is 9.76. The summed E-state index contributed by atoms with van der Waals surface area (Å²) in [5.41, 5.74) is 0.241. The Labute approximate surface area is 184 Å². The monoisotopic (exact) mass is 471 g/mol. The van der Waals surface area contributed by atoms with Crippen LogP contribution in [0.25, 0.3) is 10.2 Å². The van der Waals surface area contributed by atoms with Crippen LogP contribution in [0, 0.1) is 0 Å². The molecule has 3 aromatic rings. The van der Waals surface area contributed by atoms with Crippen LogP contribution in [-0.2, 0) is 30.8 Å². The molecule has 0 aromatic carbocycles. The van der Waals surface area contributed by atoms with Crippen LogP contribution in [0.1, 0.15) is 62.9 Å². The predicted molar refractivity (Wildman–Crippen MR) is 113 cm³/mol. The van der Waals surface area contributed by atoms with E-state index < -0.39 is 23.7 Å². The lowest BCUT2D eigenvalue weighted by molar-refractivity contribution is -0.140. The van der Waals surface area contributed by atoms with E-state index in [-0.39, 0.29) is 21.2 Å². The molecule has 1 N–H and O–H groups in total. The molecule has 3 aromatic heterocycles. The summed E-state index contributed by atoms with van der Waals surface area (Å²) >= 11 is 2.26. The van der Waals surface area contributed by atoms with E-state index in [1.165, 1.54) is 24.5 Å². The topological polar surface area (TPSA) is 73.2 Å². The zero-order chi connectivity index (χ0) is 22.5. The zero-order valence-electron chi connectivity index (χ0n) is 17.1. The first-order chi connectivity index (χ1) is 14.6. The minimum absolute atomic E-state index is 0.114. The van der Waals surface area contributed by atoms with Crippen molar-refractivity contribution >= 4 is 49.8 Å². The Kier molecular flexibility index (Phi) is 5.59. The number of hydrogen-bond donors (Lipinski definition) is 1. The van der Waals surface area contributed by atoms with Gasteiger partial charge in [-0.05, 0) is 51.2 Å². The van der Waals surface area contributed by atoms with Crippen LogP contribution < -0.4 is 5.32 Å². The largest absolute Gasteiger partial charge is 0.459 e. The lowest BCUT2D eigenvalue weighted by Crippen LogP contribution is -2.17. The highest BCUT2D eigenvalue weighted by Crippen LogP contribution is 2.40. The molecule has 0 saturated carbocycles. The number of nitrogens with zero attached hydrogens (tertiary/aromatic N) is 2. The van der Waals surface area contributed by atoms with E-state index in [0.717, 1.165) is 52.1 Å². The first kappa shape index (κ1) is 21.8. The molecule has 1 amide bonds. The molecule has 0 saturated heterocycles. The summed E-state index contributed by atoms with van der Waals surface area (Å²) in [6, 6.07) is 1.20. The third-order valence-corrected chi connectivity index (χ3v) is 7.36. The van der Waals surface area contributed by atoms with Gasteiger partial charge in [0.2, 0.25) is 0 Å². The van der Waals surface area contributed by atoms with Gasteiger partial charge >= 0.3 is 12.1 Å². The highest BCUT2D eigenvalue weighted by atomic mass is 32.1. The molecule has 0 atom stereocenters. The van der Waals surface area contributed by atoms with Crippen LogP contribution in [0.3, 0.4) is 0 Å². The predicted octanol–water partition coefficient (Wildman–Crippen LogP) is 5.41. The van der Waals surface area contributed by atoms with Gasteiger partial charge in [0.25, 0.3) is 5.91 Å². The minimum atomic E-state index is -4.62. The van der Waals surface area contributed by atoms with Crippen molar-refractivity contribution in [3.8, 4) is 0 Å². The fraction of sp³-hybridized carbons (Fsp3) is 0.450. The maximum absolute atomic E-state index is 13.2. The first-order valence-electron chi connectivity index (χ1n) is 9.77. The van der Waals surface area contributed by atoms with Crippen molar-refractivity contribution in [2.24, 2.45) is 7.05 Å². The van der Waals surface area contributed by atoms with E-state index >= 15 is 0 Å². The SMILES string of the molecule is CC(C)OC(=O)c1c(NC(=O)c2cc3c(C(F)(F)F)nn(C)c3s2)sc2c1CCCC2. The highest BCUT2D eigenvalue weighted by Gasteiger charge is 2.37. The molecule has 6 nitrogen and oxygen atoms in total. The number of rotatable bonds is 4. The Morgan fingerprint density at radius 3 is 2.61 bits per heavy atom. The molecule has 0 bridgehead atoms. The number of alkyl halides is 3. The normalized spacial score (nSPS) is 14.2. The average molecular weight is 472 g/mol. The number of fused-ring (bicyclic) bond motifs is 2. The molecule has 166 valence electrons. The Bertz CT molecular complexity index is 1170. The van der Waals surface area contributed by atoms with E-state index in [2.05, 4.69) is 10.4 Å². The van der Waals surface area contributed by atoms with E-state index in [1.807, 2.05) is 0 Å². The maximum atomic E-state index is 13.2. The molecule has 3 heterocycles. The Hall–Kier alpha value is -2.40. The number of hydrogen-bond acceptors (Lipinski definition) is 6. The highest BCUT2D eigenvalue weighted by molar-refractivity contribution is 7.21. The second kappa shape index (κ2) is 7.94. The van der Waals surface area contributed by atoms with Gasteiger partial charge in [-0.2, -0.15) is 18.3 Å². The van der Waals surface area contributed by atoms with E-state index in [1.54, 1.807) is 13.8 Å². The van der Waals surface area contributed by atoms with Crippen LogP contribution in [0.5, 0.6) is 0 Å². The van der Waals surface area contributed by atoms with E-state index in [9.17, 15) is 22.8 Å². The van der Waals surface area contributed by atoms with Gasteiger partial charge < -0.3 is 10.1 Å². The van der Waals surface area contributed by atoms with Crippen molar-refractivity contribution in [2.45, 2.75) is 51.8 Å². The lowest BCUT2D eigenvalue weighted by atomic mass is 9.95. The smallest absolute Gasteiger partial charge is 0.435 e. The molecule has 1 aliphatic rings. The minimum Gasteiger partial charge on any atom is -0.459 e. The van der Waals surface area contributed by atoms with Crippen molar-refractivity contribution < 1.29 is 27.5 Å². The van der Waals surface area contributed by atoms with Crippen molar-refractivity contribution in [3.63, 3.8) is 0 Å². The van der Waals surface area contributed by atoms with E-state index in [0.29, 0.717) is 10.6 Å². The fourth-order valence-corrected chi connectivity index (χ4v) is 5.91.